The molecule has 0 fully saturated rings. The van der Waals surface area contributed by atoms with E-state index in [-0.39, 0.29) is 17.6 Å². The van der Waals surface area contributed by atoms with Crippen molar-refractivity contribution in [2.45, 2.75) is 13.5 Å². The minimum Gasteiger partial charge on any atom is -0.506 e. The molecule has 1 N–H and O–H groups in total. The standard InChI is InChI=1S/C19H16O6/c1-11-6-8-12(9-7-11)10-24-13-4-3-5-14-15(13)17(20)16(18(21)23-2)19(22)25-14/h3-9,20H,10H2,1-2H3. The van der Waals surface area contributed by atoms with Gasteiger partial charge in [-0.3, -0.25) is 0 Å². The number of rotatable bonds is 4. The lowest BCUT2D eigenvalue weighted by atomic mass is 10.1. The number of hydrogen-bond acceptors (Lipinski definition) is 6. The molecule has 2 aromatic carbocycles. The van der Waals surface area contributed by atoms with Crippen LogP contribution in [0.4, 0.5) is 0 Å². The van der Waals surface area contributed by atoms with E-state index in [9.17, 15) is 14.7 Å². The maximum Gasteiger partial charge on any atom is 0.354 e. The van der Waals surface area contributed by atoms with Crippen LogP contribution in [0.2, 0.25) is 0 Å². The van der Waals surface area contributed by atoms with Crippen LogP contribution in [-0.4, -0.2) is 18.2 Å². The van der Waals surface area contributed by atoms with Crippen molar-refractivity contribution in [2.24, 2.45) is 0 Å². The number of carbonyl (C=O) groups is 1. The Labute approximate surface area is 143 Å². The molecule has 0 saturated carbocycles. The fourth-order valence-electron chi connectivity index (χ4n) is 2.45. The lowest BCUT2D eigenvalue weighted by Crippen LogP contribution is -2.15. The monoisotopic (exact) mass is 340 g/mol. The van der Waals surface area contributed by atoms with E-state index in [1.807, 2.05) is 31.2 Å². The summed E-state index contributed by atoms with van der Waals surface area (Å²) < 4.78 is 15.4. The molecule has 0 spiro atoms. The summed E-state index contributed by atoms with van der Waals surface area (Å²) >= 11 is 0. The van der Waals surface area contributed by atoms with E-state index in [0.29, 0.717) is 5.75 Å². The van der Waals surface area contributed by atoms with Gasteiger partial charge >= 0.3 is 11.6 Å². The number of hydrogen-bond donors (Lipinski definition) is 1. The first-order chi connectivity index (χ1) is 12.0. The summed E-state index contributed by atoms with van der Waals surface area (Å²) in [6.07, 6.45) is 0. The second-order valence-electron chi connectivity index (χ2n) is 5.51. The molecular formula is C19H16O6. The molecule has 0 unspecified atom stereocenters. The van der Waals surface area contributed by atoms with Crippen molar-refractivity contribution in [2.75, 3.05) is 7.11 Å². The predicted molar refractivity (Wildman–Crippen MR) is 91.0 cm³/mol. The van der Waals surface area contributed by atoms with Crippen LogP contribution in [0.3, 0.4) is 0 Å². The normalized spacial score (nSPS) is 10.6. The molecule has 3 aromatic rings. The second-order valence-corrected chi connectivity index (χ2v) is 5.51. The number of esters is 1. The Morgan fingerprint density at radius 3 is 2.56 bits per heavy atom. The molecule has 0 atom stereocenters. The van der Waals surface area contributed by atoms with Crippen molar-refractivity contribution >= 4 is 16.9 Å². The number of benzene rings is 2. The van der Waals surface area contributed by atoms with Gasteiger partial charge in [0, 0.05) is 0 Å². The van der Waals surface area contributed by atoms with E-state index >= 15 is 0 Å². The van der Waals surface area contributed by atoms with E-state index < -0.39 is 22.9 Å². The smallest absolute Gasteiger partial charge is 0.354 e. The fourth-order valence-corrected chi connectivity index (χ4v) is 2.45. The third kappa shape index (κ3) is 3.19. The van der Waals surface area contributed by atoms with Crippen LogP contribution in [0.5, 0.6) is 11.5 Å². The molecule has 0 amide bonds. The molecule has 0 bridgehead atoms. The zero-order valence-corrected chi connectivity index (χ0v) is 13.7. The van der Waals surface area contributed by atoms with Crippen molar-refractivity contribution in [3.63, 3.8) is 0 Å². The first kappa shape index (κ1) is 16.6. The van der Waals surface area contributed by atoms with E-state index in [4.69, 9.17) is 9.15 Å². The number of methoxy groups -OCH3 is 1. The highest BCUT2D eigenvalue weighted by Crippen LogP contribution is 2.35. The molecule has 6 nitrogen and oxygen atoms in total. The summed E-state index contributed by atoms with van der Waals surface area (Å²) in [6.45, 7) is 2.25. The quantitative estimate of drug-likeness (QED) is 0.580. The van der Waals surface area contributed by atoms with Gasteiger partial charge in [-0.2, -0.15) is 0 Å². The largest absolute Gasteiger partial charge is 0.506 e. The first-order valence-electron chi connectivity index (χ1n) is 7.56. The summed E-state index contributed by atoms with van der Waals surface area (Å²) in [7, 11) is 1.12. The molecule has 0 radical (unpaired) electrons. The van der Waals surface area contributed by atoms with Gasteiger partial charge in [-0.1, -0.05) is 35.9 Å². The molecule has 0 aliphatic heterocycles. The van der Waals surface area contributed by atoms with Crippen LogP contribution < -0.4 is 10.4 Å². The van der Waals surface area contributed by atoms with Crippen molar-refractivity contribution in [3.8, 4) is 11.5 Å². The first-order valence-corrected chi connectivity index (χ1v) is 7.56. The molecule has 1 heterocycles. The van der Waals surface area contributed by atoms with Crippen LogP contribution >= 0.6 is 0 Å². The van der Waals surface area contributed by atoms with Gasteiger partial charge in [0.25, 0.3) is 0 Å². The van der Waals surface area contributed by atoms with Crippen molar-refractivity contribution < 1.29 is 23.8 Å². The van der Waals surface area contributed by atoms with Crippen LogP contribution in [0, 0.1) is 6.92 Å². The maximum absolute atomic E-state index is 11.9. The van der Waals surface area contributed by atoms with Crippen molar-refractivity contribution in [3.05, 3.63) is 69.6 Å². The van der Waals surface area contributed by atoms with Crippen LogP contribution in [0.25, 0.3) is 11.0 Å². The highest BCUT2D eigenvalue weighted by atomic mass is 16.5. The highest BCUT2D eigenvalue weighted by Gasteiger charge is 2.23. The molecular weight excluding hydrogens is 324 g/mol. The molecule has 1 aromatic heterocycles. The number of carbonyl (C=O) groups excluding carboxylic acids is 1. The zero-order chi connectivity index (χ0) is 18.0. The average Bonchev–Trinajstić information content (AvgIpc) is 2.60. The van der Waals surface area contributed by atoms with Gasteiger partial charge in [-0.05, 0) is 24.6 Å². The zero-order valence-electron chi connectivity index (χ0n) is 13.7. The lowest BCUT2D eigenvalue weighted by molar-refractivity contribution is 0.0592. The van der Waals surface area contributed by atoms with E-state index in [2.05, 4.69) is 4.74 Å². The van der Waals surface area contributed by atoms with Crippen molar-refractivity contribution in [1.29, 1.82) is 0 Å². The third-order valence-electron chi connectivity index (χ3n) is 3.77. The molecule has 0 saturated heterocycles. The number of ether oxygens (including phenoxy) is 2. The van der Waals surface area contributed by atoms with Gasteiger partial charge in [-0.25, -0.2) is 9.59 Å². The second kappa shape index (κ2) is 6.68. The summed E-state index contributed by atoms with van der Waals surface area (Å²) in [5, 5.41) is 10.6. The minimum atomic E-state index is -0.971. The predicted octanol–water partition coefficient (Wildman–Crippen LogP) is 3.17. The Bertz CT molecular complexity index is 985. The Balaban J connectivity index is 2.04. The maximum atomic E-state index is 11.9. The van der Waals surface area contributed by atoms with Crippen LogP contribution in [0.1, 0.15) is 21.5 Å². The van der Waals surface area contributed by atoms with E-state index in [0.717, 1.165) is 18.2 Å². The average molecular weight is 340 g/mol. The summed E-state index contributed by atoms with van der Waals surface area (Å²) in [5.41, 5.74) is 0.675. The van der Waals surface area contributed by atoms with Gasteiger partial charge in [0.2, 0.25) is 0 Å². The molecule has 3 rings (SSSR count). The van der Waals surface area contributed by atoms with E-state index in [1.54, 1.807) is 12.1 Å². The van der Waals surface area contributed by atoms with Gasteiger partial charge in [0.15, 0.2) is 11.3 Å². The molecule has 128 valence electrons. The van der Waals surface area contributed by atoms with Crippen molar-refractivity contribution in [1.82, 2.24) is 0 Å². The summed E-state index contributed by atoms with van der Waals surface area (Å²) in [4.78, 5) is 23.6. The third-order valence-corrected chi connectivity index (χ3v) is 3.77. The number of aryl methyl sites for hydroxylation is 1. The molecule has 0 aliphatic carbocycles. The number of aromatic hydroxyl groups is 1. The Morgan fingerprint density at radius 2 is 1.88 bits per heavy atom. The van der Waals surface area contributed by atoms with E-state index in [1.165, 1.54) is 6.07 Å². The lowest BCUT2D eigenvalue weighted by Gasteiger charge is -2.11. The van der Waals surface area contributed by atoms with Gasteiger partial charge in [0.05, 0.1) is 7.11 Å². The Hall–Kier alpha value is -3.28. The topological polar surface area (TPSA) is 86.0 Å². The van der Waals surface area contributed by atoms with Gasteiger partial charge in [-0.15, -0.1) is 0 Å². The Morgan fingerprint density at radius 1 is 1.16 bits per heavy atom. The minimum absolute atomic E-state index is 0.122. The van der Waals surface area contributed by atoms with Crippen LogP contribution in [0.15, 0.2) is 51.7 Å². The highest BCUT2D eigenvalue weighted by molar-refractivity contribution is 6.00. The molecule has 6 heteroatoms. The van der Waals surface area contributed by atoms with Gasteiger partial charge in [0.1, 0.15) is 23.3 Å². The Kier molecular flexibility index (Phi) is 4.43. The summed E-state index contributed by atoms with van der Waals surface area (Å²) in [6, 6.07) is 12.6. The summed E-state index contributed by atoms with van der Waals surface area (Å²) in [5.74, 6) is -1.19. The SMILES string of the molecule is COC(=O)c1c(O)c2c(OCc3ccc(C)cc3)cccc2oc1=O. The number of fused-ring (bicyclic) bond motifs is 1. The van der Waals surface area contributed by atoms with Crippen LogP contribution in [-0.2, 0) is 11.3 Å². The van der Waals surface area contributed by atoms with Gasteiger partial charge < -0.3 is 19.0 Å². The molecule has 0 aliphatic rings. The molecule has 25 heavy (non-hydrogen) atoms. The fraction of sp³-hybridized carbons (Fsp3) is 0.158.